The van der Waals surface area contributed by atoms with Crippen molar-refractivity contribution < 1.29 is 4.79 Å². The van der Waals surface area contributed by atoms with Crippen LogP contribution in [-0.4, -0.2) is 30.4 Å². The average molecular weight is 270 g/mol. The molecule has 0 saturated heterocycles. The molecule has 2 aromatic carbocycles. The lowest BCUT2D eigenvalue weighted by molar-refractivity contribution is -0.130. The Balaban J connectivity index is 2.17. The van der Waals surface area contributed by atoms with Crippen molar-refractivity contribution in [2.75, 3.05) is 19.6 Å². The van der Waals surface area contributed by atoms with E-state index in [0.29, 0.717) is 13.0 Å². The van der Waals surface area contributed by atoms with Crippen molar-refractivity contribution in [3.63, 3.8) is 0 Å². The zero-order valence-corrected chi connectivity index (χ0v) is 12.0. The third kappa shape index (κ3) is 3.36. The summed E-state index contributed by atoms with van der Waals surface area (Å²) in [7, 11) is 0. The molecule has 0 aliphatic carbocycles. The van der Waals surface area contributed by atoms with E-state index in [4.69, 9.17) is 5.73 Å². The topological polar surface area (TPSA) is 46.3 Å². The van der Waals surface area contributed by atoms with E-state index in [2.05, 4.69) is 18.2 Å². The molecule has 0 atom stereocenters. The molecule has 0 aliphatic rings. The van der Waals surface area contributed by atoms with Crippen LogP contribution in [0.1, 0.15) is 18.9 Å². The standard InChI is InChI=1S/C17H22N2O/c1-2-19(12-6-11-18)17(20)13-15-9-5-8-14-7-3-4-10-16(14)15/h3-5,7-10H,2,6,11-13,18H2,1H3. The largest absolute Gasteiger partial charge is 0.343 e. The van der Waals surface area contributed by atoms with E-state index >= 15 is 0 Å². The molecule has 0 aromatic heterocycles. The van der Waals surface area contributed by atoms with Gasteiger partial charge >= 0.3 is 0 Å². The Morgan fingerprint density at radius 3 is 2.65 bits per heavy atom. The fourth-order valence-electron chi connectivity index (χ4n) is 2.46. The fraction of sp³-hybridized carbons (Fsp3) is 0.353. The smallest absolute Gasteiger partial charge is 0.227 e. The molecule has 0 heterocycles. The highest BCUT2D eigenvalue weighted by Crippen LogP contribution is 2.19. The Kier molecular flexibility index (Phi) is 5.13. The highest BCUT2D eigenvalue weighted by atomic mass is 16.2. The van der Waals surface area contributed by atoms with E-state index in [0.717, 1.165) is 25.1 Å². The highest BCUT2D eigenvalue weighted by Gasteiger charge is 2.13. The van der Waals surface area contributed by atoms with E-state index in [1.807, 2.05) is 36.1 Å². The third-order valence-corrected chi connectivity index (χ3v) is 3.59. The molecule has 0 aliphatic heterocycles. The van der Waals surface area contributed by atoms with Crippen LogP contribution in [0.15, 0.2) is 42.5 Å². The first-order valence-corrected chi connectivity index (χ1v) is 7.20. The van der Waals surface area contributed by atoms with Gasteiger partial charge in [0.05, 0.1) is 6.42 Å². The van der Waals surface area contributed by atoms with Gasteiger partial charge in [-0.1, -0.05) is 42.5 Å². The molecule has 3 nitrogen and oxygen atoms in total. The first kappa shape index (κ1) is 14.5. The molecule has 0 fully saturated rings. The molecule has 0 saturated carbocycles. The zero-order chi connectivity index (χ0) is 14.4. The minimum Gasteiger partial charge on any atom is -0.343 e. The molecular formula is C17H22N2O. The van der Waals surface area contributed by atoms with Crippen LogP contribution in [0.25, 0.3) is 10.8 Å². The highest BCUT2D eigenvalue weighted by molar-refractivity contribution is 5.90. The van der Waals surface area contributed by atoms with E-state index < -0.39 is 0 Å². The number of rotatable bonds is 6. The molecular weight excluding hydrogens is 248 g/mol. The van der Waals surface area contributed by atoms with Gasteiger partial charge in [-0.2, -0.15) is 0 Å². The second-order valence-corrected chi connectivity index (χ2v) is 4.93. The first-order valence-electron chi connectivity index (χ1n) is 7.20. The van der Waals surface area contributed by atoms with Gasteiger partial charge < -0.3 is 10.6 Å². The van der Waals surface area contributed by atoms with E-state index in [-0.39, 0.29) is 5.91 Å². The zero-order valence-electron chi connectivity index (χ0n) is 12.0. The molecule has 20 heavy (non-hydrogen) atoms. The molecule has 0 spiro atoms. The van der Waals surface area contributed by atoms with E-state index in [1.54, 1.807) is 0 Å². The Bertz CT molecular complexity index is 575. The van der Waals surface area contributed by atoms with Gasteiger partial charge in [0, 0.05) is 13.1 Å². The number of carbonyl (C=O) groups is 1. The quantitative estimate of drug-likeness (QED) is 0.877. The fourth-order valence-corrected chi connectivity index (χ4v) is 2.46. The van der Waals surface area contributed by atoms with Crippen molar-refractivity contribution >= 4 is 16.7 Å². The van der Waals surface area contributed by atoms with Crippen LogP contribution < -0.4 is 5.73 Å². The van der Waals surface area contributed by atoms with Crippen LogP contribution in [-0.2, 0) is 11.2 Å². The van der Waals surface area contributed by atoms with E-state index in [1.165, 1.54) is 10.8 Å². The summed E-state index contributed by atoms with van der Waals surface area (Å²) in [5.74, 6) is 0.178. The van der Waals surface area contributed by atoms with Gasteiger partial charge in [-0.15, -0.1) is 0 Å². The normalized spacial score (nSPS) is 10.7. The Morgan fingerprint density at radius 2 is 1.90 bits per heavy atom. The monoisotopic (exact) mass is 270 g/mol. The van der Waals surface area contributed by atoms with Crippen LogP contribution in [0.2, 0.25) is 0 Å². The number of nitrogens with two attached hydrogens (primary N) is 1. The van der Waals surface area contributed by atoms with Gasteiger partial charge in [0.1, 0.15) is 0 Å². The Morgan fingerprint density at radius 1 is 1.15 bits per heavy atom. The molecule has 106 valence electrons. The van der Waals surface area contributed by atoms with Crippen molar-refractivity contribution in [1.29, 1.82) is 0 Å². The molecule has 3 heteroatoms. The number of hydrogen-bond donors (Lipinski definition) is 1. The Labute approximate surface area is 120 Å². The summed E-state index contributed by atoms with van der Waals surface area (Å²) in [6.45, 7) is 4.12. The number of likely N-dealkylation sites (N-methyl/N-ethyl adjacent to an activating group) is 1. The lowest BCUT2D eigenvalue weighted by atomic mass is 10.0. The molecule has 2 rings (SSSR count). The predicted octanol–water partition coefficient (Wildman–Crippen LogP) is 2.58. The van der Waals surface area contributed by atoms with Crippen molar-refractivity contribution in [2.45, 2.75) is 19.8 Å². The predicted molar refractivity (Wildman–Crippen MR) is 83.6 cm³/mol. The van der Waals surface area contributed by atoms with Crippen LogP contribution in [0, 0.1) is 0 Å². The van der Waals surface area contributed by atoms with Crippen molar-refractivity contribution in [3.8, 4) is 0 Å². The SMILES string of the molecule is CCN(CCCN)C(=O)Cc1cccc2ccccc12. The van der Waals surface area contributed by atoms with Gasteiger partial charge in [0.15, 0.2) is 0 Å². The minimum absolute atomic E-state index is 0.178. The molecule has 0 bridgehead atoms. The maximum atomic E-state index is 12.4. The summed E-state index contributed by atoms with van der Waals surface area (Å²) in [5, 5.41) is 2.35. The number of carbonyl (C=O) groups excluding carboxylic acids is 1. The van der Waals surface area contributed by atoms with Crippen LogP contribution >= 0.6 is 0 Å². The second kappa shape index (κ2) is 7.06. The lowest BCUT2D eigenvalue weighted by Crippen LogP contribution is -2.33. The molecule has 2 aromatic rings. The minimum atomic E-state index is 0.178. The van der Waals surface area contributed by atoms with Gasteiger partial charge in [-0.3, -0.25) is 4.79 Å². The second-order valence-electron chi connectivity index (χ2n) is 4.93. The molecule has 2 N–H and O–H groups in total. The number of fused-ring (bicyclic) bond motifs is 1. The van der Waals surface area contributed by atoms with Crippen molar-refractivity contribution in [2.24, 2.45) is 5.73 Å². The third-order valence-electron chi connectivity index (χ3n) is 3.59. The number of benzene rings is 2. The number of amides is 1. The summed E-state index contributed by atoms with van der Waals surface area (Å²) in [6, 6.07) is 14.3. The molecule has 0 unspecified atom stereocenters. The lowest BCUT2D eigenvalue weighted by Gasteiger charge is -2.21. The Hall–Kier alpha value is -1.87. The summed E-state index contributed by atoms with van der Waals surface area (Å²) >= 11 is 0. The van der Waals surface area contributed by atoms with Crippen molar-refractivity contribution in [3.05, 3.63) is 48.0 Å². The maximum Gasteiger partial charge on any atom is 0.227 e. The van der Waals surface area contributed by atoms with Crippen molar-refractivity contribution in [1.82, 2.24) is 4.90 Å². The summed E-state index contributed by atoms with van der Waals surface area (Å²) in [4.78, 5) is 14.3. The van der Waals surface area contributed by atoms with Gasteiger partial charge in [-0.05, 0) is 36.2 Å². The van der Waals surface area contributed by atoms with Gasteiger partial charge in [0.25, 0.3) is 0 Å². The summed E-state index contributed by atoms with van der Waals surface area (Å²) in [6.07, 6.45) is 1.31. The summed E-state index contributed by atoms with van der Waals surface area (Å²) in [5.41, 5.74) is 6.62. The number of hydrogen-bond acceptors (Lipinski definition) is 2. The van der Waals surface area contributed by atoms with Crippen LogP contribution in [0.4, 0.5) is 0 Å². The molecule has 0 radical (unpaired) electrons. The van der Waals surface area contributed by atoms with Crippen LogP contribution in [0.5, 0.6) is 0 Å². The maximum absolute atomic E-state index is 12.4. The average Bonchev–Trinajstić information content (AvgIpc) is 2.48. The van der Waals surface area contributed by atoms with Crippen LogP contribution in [0.3, 0.4) is 0 Å². The summed E-state index contributed by atoms with van der Waals surface area (Å²) < 4.78 is 0. The van der Waals surface area contributed by atoms with E-state index in [9.17, 15) is 4.79 Å². The first-order chi connectivity index (χ1) is 9.76. The molecule has 1 amide bonds. The number of nitrogens with zero attached hydrogens (tertiary/aromatic N) is 1. The van der Waals surface area contributed by atoms with Gasteiger partial charge in [-0.25, -0.2) is 0 Å². The van der Waals surface area contributed by atoms with Gasteiger partial charge in [0.2, 0.25) is 5.91 Å².